The smallest absolute Gasteiger partial charge is 0.0886 e. The van der Waals surface area contributed by atoms with Gasteiger partial charge in [-0.25, -0.2) is 0 Å². The SMILES string of the molecule is ClC(Br)CCCCCc1cccc2ccccc12. The van der Waals surface area contributed by atoms with Gasteiger partial charge in [0.1, 0.15) is 0 Å². The van der Waals surface area contributed by atoms with Gasteiger partial charge in [-0.15, -0.1) is 11.6 Å². The normalized spacial score (nSPS) is 12.8. The lowest BCUT2D eigenvalue weighted by atomic mass is 9.99. The van der Waals surface area contributed by atoms with Crippen molar-refractivity contribution in [2.75, 3.05) is 0 Å². The molecule has 0 N–H and O–H groups in total. The zero-order valence-electron chi connectivity index (χ0n) is 10.4. The third-order valence-electron chi connectivity index (χ3n) is 3.25. The monoisotopic (exact) mass is 324 g/mol. The molecule has 1 unspecified atom stereocenters. The Kier molecular flexibility index (Phi) is 5.52. The summed E-state index contributed by atoms with van der Waals surface area (Å²) in [5.74, 6) is 0. The zero-order chi connectivity index (χ0) is 12.8. The quantitative estimate of drug-likeness (QED) is 0.458. The number of halogens is 2. The summed E-state index contributed by atoms with van der Waals surface area (Å²) in [6.45, 7) is 0. The van der Waals surface area contributed by atoms with Crippen molar-refractivity contribution in [1.82, 2.24) is 0 Å². The van der Waals surface area contributed by atoms with E-state index in [2.05, 4.69) is 58.4 Å². The van der Waals surface area contributed by atoms with Crippen molar-refractivity contribution < 1.29 is 0 Å². The van der Waals surface area contributed by atoms with E-state index >= 15 is 0 Å². The number of rotatable bonds is 6. The molecule has 0 nitrogen and oxygen atoms in total. The van der Waals surface area contributed by atoms with Crippen LogP contribution < -0.4 is 0 Å². The molecule has 0 radical (unpaired) electrons. The molecular weight excluding hydrogens is 308 g/mol. The molecule has 1 atom stereocenters. The minimum atomic E-state index is 0.134. The molecule has 0 saturated carbocycles. The first-order valence-electron chi connectivity index (χ1n) is 6.52. The number of fused-ring (bicyclic) bond motifs is 1. The Morgan fingerprint density at radius 2 is 1.72 bits per heavy atom. The Labute approximate surface area is 122 Å². The second-order valence-electron chi connectivity index (χ2n) is 4.63. The number of alkyl halides is 2. The van der Waals surface area contributed by atoms with Crippen LogP contribution >= 0.6 is 27.5 Å². The lowest BCUT2D eigenvalue weighted by molar-refractivity contribution is 0.664. The number of hydrogen-bond donors (Lipinski definition) is 0. The first-order valence-corrected chi connectivity index (χ1v) is 7.87. The molecule has 0 heterocycles. The van der Waals surface area contributed by atoms with E-state index in [0.29, 0.717) is 0 Å². The second kappa shape index (κ2) is 7.16. The number of hydrogen-bond acceptors (Lipinski definition) is 0. The molecule has 0 amide bonds. The van der Waals surface area contributed by atoms with E-state index < -0.39 is 0 Å². The van der Waals surface area contributed by atoms with Gasteiger partial charge in [0.2, 0.25) is 0 Å². The Bertz CT molecular complexity index is 488. The first-order chi connectivity index (χ1) is 8.77. The van der Waals surface area contributed by atoms with E-state index in [1.807, 2.05) is 0 Å². The summed E-state index contributed by atoms with van der Waals surface area (Å²) in [6.07, 6.45) is 5.90. The fourth-order valence-electron chi connectivity index (χ4n) is 2.30. The van der Waals surface area contributed by atoms with Crippen molar-refractivity contribution in [1.29, 1.82) is 0 Å². The van der Waals surface area contributed by atoms with Gasteiger partial charge in [-0.05, 0) is 35.6 Å². The van der Waals surface area contributed by atoms with Gasteiger partial charge in [0.25, 0.3) is 0 Å². The Morgan fingerprint density at radius 3 is 2.56 bits per heavy atom. The minimum absolute atomic E-state index is 0.134. The molecule has 0 aromatic heterocycles. The Hall–Kier alpha value is -0.530. The van der Waals surface area contributed by atoms with Crippen LogP contribution in [0.2, 0.25) is 0 Å². The molecule has 0 spiro atoms. The predicted molar refractivity (Wildman–Crippen MR) is 84.7 cm³/mol. The molecule has 0 saturated heterocycles. The summed E-state index contributed by atoms with van der Waals surface area (Å²) < 4.78 is 0.134. The zero-order valence-corrected chi connectivity index (χ0v) is 12.8. The van der Waals surface area contributed by atoms with E-state index in [9.17, 15) is 0 Å². The average molecular weight is 326 g/mol. The van der Waals surface area contributed by atoms with E-state index in [1.54, 1.807) is 0 Å². The van der Waals surface area contributed by atoms with Crippen LogP contribution in [0, 0.1) is 0 Å². The van der Waals surface area contributed by atoms with Gasteiger partial charge >= 0.3 is 0 Å². The van der Waals surface area contributed by atoms with Crippen molar-refractivity contribution in [2.24, 2.45) is 0 Å². The molecule has 2 aromatic rings. The molecule has 96 valence electrons. The van der Waals surface area contributed by atoms with Crippen molar-refractivity contribution in [2.45, 2.75) is 36.4 Å². The molecule has 0 aliphatic rings. The summed E-state index contributed by atoms with van der Waals surface area (Å²) in [7, 11) is 0. The van der Waals surface area contributed by atoms with Crippen LogP contribution in [0.15, 0.2) is 42.5 Å². The highest BCUT2D eigenvalue weighted by atomic mass is 79.9. The van der Waals surface area contributed by atoms with Crippen LogP contribution in [0.4, 0.5) is 0 Å². The Morgan fingerprint density at radius 1 is 0.944 bits per heavy atom. The molecule has 2 aromatic carbocycles. The van der Waals surface area contributed by atoms with Gasteiger partial charge < -0.3 is 0 Å². The first kappa shape index (κ1) is 13.9. The Balaban J connectivity index is 1.91. The van der Waals surface area contributed by atoms with Crippen LogP contribution in [0.25, 0.3) is 10.8 Å². The van der Waals surface area contributed by atoms with E-state index in [-0.39, 0.29) is 4.29 Å². The highest BCUT2D eigenvalue weighted by Crippen LogP contribution is 2.21. The molecule has 0 bridgehead atoms. The maximum absolute atomic E-state index is 5.87. The van der Waals surface area contributed by atoms with Gasteiger partial charge in [0.15, 0.2) is 0 Å². The molecule has 0 aliphatic carbocycles. The van der Waals surface area contributed by atoms with Crippen molar-refractivity contribution in [3.8, 4) is 0 Å². The van der Waals surface area contributed by atoms with Crippen LogP contribution in [0.3, 0.4) is 0 Å². The lowest BCUT2D eigenvalue weighted by Gasteiger charge is -2.06. The molecule has 2 heteroatoms. The summed E-state index contributed by atoms with van der Waals surface area (Å²) in [5, 5.41) is 2.74. The summed E-state index contributed by atoms with van der Waals surface area (Å²) in [6, 6.07) is 15.2. The third-order valence-corrected chi connectivity index (χ3v) is 3.92. The summed E-state index contributed by atoms with van der Waals surface area (Å²) >= 11 is 9.24. The molecule has 18 heavy (non-hydrogen) atoms. The molecular formula is C16H18BrCl. The van der Waals surface area contributed by atoms with Gasteiger partial charge in [-0.3, -0.25) is 0 Å². The fourth-order valence-corrected chi connectivity index (χ4v) is 2.78. The van der Waals surface area contributed by atoms with Crippen LogP contribution in [-0.2, 0) is 6.42 Å². The van der Waals surface area contributed by atoms with Crippen LogP contribution in [0.5, 0.6) is 0 Å². The highest BCUT2D eigenvalue weighted by molar-refractivity contribution is 9.10. The third kappa shape index (κ3) is 4.00. The molecule has 2 rings (SSSR count). The largest absolute Gasteiger partial charge is 0.110 e. The van der Waals surface area contributed by atoms with Crippen molar-refractivity contribution in [3.63, 3.8) is 0 Å². The van der Waals surface area contributed by atoms with Gasteiger partial charge in [0.05, 0.1) is 4.29 Å². The van der Waals surface area contributed by atoms with Gasteiger partial charge in [-0.1, -0.05) is 71.2 Å². The van der Waals surface area contributed by atoms with E-state index in [4.69, 9.17) is 11.6 Å². The standard InChI is InChI=1S/C16H18BrCl/c17-16(18)12-3-1-2-7-13-9-6-10-14-8-4-5-11-15(13)14/h4-6,8-11,16H,1-3,7,12H2. The number of benzene rings is 2. The van der Waals surface area contributed by atoms with Crippen molar-refractivity contribution in [3.05, 3.63) is 48.0 Å². The highest BCUT2D eigenvalue weighted by Gasteiger charge is 2.01. The van der Waals surface area contributed by atoms with E-state index in [1.165, 1.54) is 35.6 Å². The molecule has 0 aliphatic heterocycles. The molecule has 0 fully saturated rings. The second-order valence-corrected chi connectivity index (χ2v) is 6.79. The van der Waals surface area contributed by atoms with Gasteiger partial charge in [-0.2, -0.15) is 0 Å². The summed E-state index contributed by atoms with van der Waals surface area (Å²) in [5.41, 5.74) is 1.47. The minimum Gasteiger partial charge on any atom is -0.110 e. The summed E-state index contributed by atoms with van der Waals surface area (Å²) in [4.78, 5) is 0. The maximum atomic E-state index is 5.87. The van der Waals surface area contributed by atoms with Crippen LogP contribution in [0.1, 0.15) is 31.2 Å². The lowest BCUT2D eigenvalue weighted by Crippen LogP contribution is -1.90. The predicted octanol–water partition coefficient (Wildman–Crippen LogP) is 5.90. The van der Waals surface area contributed by atoms with E-state index in [0.717, 1.165) is 12.8 Å². The van der Waals surface area contributed by atoms with Crippen LogP contribution in [-0.4, -0.2) is 4.29 Å². The maximum Gasteiger partial charge on any atom is 0.0886 e. The van der Waals surface area contributed by atoms with Gasteiger partial charge in [0, 0.05) is 0 Å². The topological polar surface area (TPSA) is 0 Å². The number of aryl methyl sites for hydroxylation is 1. The number of unbranched alkanes of at least 4 members (excludes halogenated alkanes) is 2. The average Bonchev–Trinajstić information content (AvgIpc) is 2.38. The fraction of sp³-hybridized carbons (Fsp3) is 0.375. The van der Waals surface area contributed by atoms with Crippen molar-refractivity contribution >= 4 is 38.3 Å².